The monoisotopic (exact) mass is 276 g/mol. The van der Waals surface area contributed by atoms with Gasteiger partial charge in [0.25, 0.3) is 0 Å². The third kappa shape index (κ3) is 2.72. The molecule has 0 spiro atoms. The van der Waals surface area contributed by atoms with E-state index < -0.39 is 0 Å². The molecule has 2 unspecified atom stereocenters. The molecule has 0 bridgehead atoms. The van der Waals surface area contributed by atoms with Gasteiger partial charge in [-0.05, 0) is 36.6 Å². The van der Waals surface area contributed by atoms with Crippen molar-refractivity contribution in [1.82, 2.24) is 10.6 Å². The Morgan fingerprint density at radius 1 is 1.35 bits per heavy atom. The minimum Gasteiger partial charge on any atom is -0.486 e. The third-order valence-corrected chi connectivity index (χ3v) is 3.89. The lowest BCUT2D eigenvalue weighted by molar-refractivity contribution is -0.123. The van der Waals surface area contributed by atoms with Crippen LogP contribution >= 0.6 is 0 Å². The molecular weight excluding hydrogens is 256 g/mol. The van der Waals surface area contributed by atoms with Crippen LogP contribution in [0.25, 0.3) is 0 Å². The highest BCUT2D eigenvalue weighted by atomic mass is 16.6. The summed E-state index contributed by atoms with van der Waals surface area (Å²) in [7, 11) is 0. The molecule has 1 aromatic carbocycles. The van der Waals surface area contributed by atoms with E-state index in [1.54, 1.807) is 0 Å². The molecule has 108 valence electrons. The van der Waals surface area contributed by atoms with Crippen LogP contribution in [0.4, 0.5) is 0 Å². The van der Waals surface area contributed by atoms with Gasteiger partial charge in [-0.1, -0.05) is 13.0 Å². The minimum atomic E-state index is -0.0628. The number of fused-ring (bicyclic) bond motifs is 1. The van der Waals surface area contributed by atoms with Crippen molar-refractivity contribution in [2.24, 2.45) is 5.92 Å². The fourth-order valence-electron chi connectivity index (χ4n) is 2.68. The highest BCUT2D eigenvalue weighted by molar-refractivity contribution is 5.82. The number of benzene rings is 1. The van der Waals surface area contributed by atoms with Gasteiger partial charge < -0.3 is 20.1 Å². The van der Waals surface area contributed by atoms with Crippen LogP contribution < -0.4 is 20.1 Å². The first-order valence-corrected chi connectivity index (χ1v) is 7.13. The summed E-state index contributed by atoms with van der Waals surface area (Å²) in [4.78, 5) is 12.1. The Hall–Kier alpha value is -1.75. The van der Waals surface area contributed by atoms with Crippen LogP contribution in [0, 0.1) is 5.92 Å². The van der Waals surface area contributed by atoms with Crippen LogP contribution in [0.3, 0.4) is 0 Å². The van der Waals surface area contributed by atoms with Crippen molar-refractivity contribution in [3.63, 3.8) is 0 Å². The number of rotatable bonds is 3. The summed E-state index contributed by atoms with van der Waals surface area (Å²) in [5.41, 5.74) is 1.02. The molecule has 3 rings (SSSR count). The van der Waals surface area contributed by atoms with Crippen LogP contribution in [0.1, 0.15) is 18.9 Å². The quantitative estimate of drug-likeness (QED) is 0.867. The predicted molar refractivity (Wildman–Crippen MR) is 74.9 cm³/mol. The lowest BCUT2D eigenvalue weighted by Crippen LogP contribution is -2.42. The Kier molecular flexibility index (Phi) is 3.78. The van der Waals surface area contributed by atoms with Gasteiger partial charge in [-0.3, -0.25) is 4.79 Å². The number of ether oxygens (including phenoxy) is 2. The van der Waals surface area contributed by atoms with Gasteiger partial charge in [0.2, 0.25) is 5.91 Å². The van der Waals surface area contributed by atoms with E-state index in [-0.39, 0.29) is 11.9 Å². The first-order valence-electron chi connectivity index (χ1n) is 7.13. The number of hydrogen-bond acceptors (Lipinski definition) is 4. The van der Waals surface area contributed by atoms with E-state index in [0.29, 0.717) is 25.7 Å². The van der Waals surface area contributed by atoms with Crippen molar-refractivity contribution in [3.05, 3.63) is 23.8 Å². The van der Waals surface area contributed by atoms with E-state index in [0.717, 1.165) is 30.0 Å². The summed E-state index contributed by atoms with van der Waals surface area (Å²) in [6.45, 7) is 4.71. The Morgan fingerprint density at radius 3 is 2.90 bits per heavy atom. The Morgan fingerprint density at radius 2 is 2.15 bits per heavy atom. The molecule has 20 heavy (non-hydrogen) atoms. The maximum absolute atomic E-state index is 12.1. The van der Waals surface area contributed by atoms with E-state index in [2.05, 4.69) is 17.6 Å². The van der Waals surface area contributed by atoms with E-state index in [9.17, 15) is 4.79 Å². The molecule has 0 saturated carbocycles. The van der Waals surface area contributed by atoms with Gasteiger partial charge in [0.15, 0.2) is 11.5 Å². The molecule has 0 radical (unpaired) electrons. The first kappa shape index (κ1) is 13.2. The van der Waals surface area contributed by atoms with Crippen molar-refractivity contribution in [2.75, 3.05) is 19.8 Å². The van der Waals surface area contributed by atoms with Crippen LogP contribution in [0.2, 0.25) is 0 Å². The third-order valence-electron chi connectivity index (χ3n) is 3.89. The Labute approximate surface area is 118 Å². The lowest BCUT2D eigenvalue weighted by atomic mass is 10.0. The number of amides is 1. The molecule has 5 heteroatoms. The zero-order valence-corrected chi connectivity index (χ0v) is 11.6. The van der Waals surface area contributed by atoms with E-state index in [1.807, 2.05) is 18.2 Å². The topological polar surface area (TPSA) is 59.6 Å². The summed E-state index contributed by atoms with van der Waals surface area (Å²) in [6.07, 6.45) is 1.06. The van der Waals surface area contributed by atoms with Crippen molar-refractivity contribution in [1.29, 1.82) is 0 Å². The molecule has 2 aliphatic rings. The molecule has 1 fully saturated rings. The van der Waals surface area contributed by atoms with Gasteiger partial charge in [-0.15, -0.1) is 0 Å². The molecule has 1 aromatic rings. The molecule has 1 amide bonds. The van der Waals surface area contributed by atoms with Gasteiger partial charge in [-0.25, -0.2) is 0 Å². The maximum atomic E-state index is 12.1. The van der Waals surface area contributed by atoms with Gasteiger partial charge in [0.1, 0.15) is 13.2 Å². The van der Waals surface area contributed by atoms with Crippen molar-refractivity contribution < 1.29 is 14.3 Å². The molecule has 2 aliphatic heterocycles. The summed E-state index contributed by atoms with van der Waals surface area (Å²) < 4.78 is 11.0. The average molecular weight is 276 g/mol. The number of carbonyl (C=O) groups is 1. The SMILES string of the molecule is CC1CCNC1C(=O)NCc1ccc2c(c1)OCCO2. The van der Waals surface area contributed by atoms with Crippen molar-refractivity contribution in [3.8, 4) is 11.5 Å². The van der Waals surface area contributed by atoms with E-state index >= 15 is 0 Å². The molecule has 2 N–H and O–H groups in total. The molecule has 2 atom stereocenters. The summed E-state index contributed by atoms with van der Waals surface area (Å²) in [5, 5.41) is 6.22. The average Bonchev–Trinajstić information content (AvgIpc) is 2.91. The van der Waals surface area contributed by atoms with Gasteiger partial charge in [0, 0.05) is 6.54 Å². The first-order chi connectivity index (χ1) is 9.74. The molecular formula is C15H20N2O3. The largest absolute Gasteiger partial charge is 0.486 e. The molecule has 0 aromatic heterocycles. The lowest BCUT2D eigenvalue weighted by Gasteiger charge is -2.19. The summed E-state index contributed by atoms with van der Waals surface area (Å²) >= 11 is 0. The fourth-order valence-corrected chi connectivity index (χ4v) is 2.68. The maximum Gasteiger partial charge on any atom is 0.237 e. The van der Waals surface area contributed by atoms with Crippen molar-refractivity contribution >= 4 is 5.91 Å². The number of carbonyl (C=O) groups excluding carboxylic acids is 1. The number of nitrogens with one attached hydrogen (secondary N) is 2. The Bertz CT molecular complexity index is 504. The van der Waals surface area contributed by atoms with E-state index in [4.69, 9.17) is 9.47 Å². The highest BCUT2D eigenvalue weighted by Crippen LogP contribution is 2.30. The molecule has 5 nitrogen and oxygen atoms in total. The fraction of sp³-hybridized carbons (Fsp3) is 0.533. The van der Waals surface area contributed by atoms with Gasteiger partial charge >= 0.3 is 0 Å². The van der Waals surface area contributed by atoms with Crippen LogP contribution in [0.15, 0.2) is 18.2 Å². The molecule has 0 aliphatic carbocycles. The summed E-state index contributed by atoms with van der Waals surface area (Å²) in [5.74, 6) is 2.01. The predicted octanol–water partition coefficient (Wildman–Crippen LogP) is 1.07. The van der Waals surface area contributed by atoms with Crippen molar-refractivity contribution in [2.45, 2.75) is 25.9 Å². The second kappa shape index (κ2) is 5.71. The van der Waals surface area contributed by atoms with Crippen LogP contribution in [0.5, 0.6) is 11.5 Å². The zero-order valence-electron chi connectivity index (χ0n) is 11.6. The second-order valence-electron chi connectivity index (χ2n) is 5.39. The second-order valence-corrected chi connectivity index (χ2v) is 5.39. The Balaban J connectivity index is 1.59. The molecule has 2 heterocycles. The van der Waals surface area contributed by atoms with Gasteiger partial charge in [0.05, 0.1) is 6.04 Å². The van der Waals surface area contributed by atoms with Gasteiger partial charge in [-0.2, -0.15) is 0 Å². The normalized spacial score (nSPS) is 24.4. The molecule has 1 saturated heterocycles. The standard InChI is InChI=1S/C15H20N2O3/c1-10-4-5-16-14(10)15(18)17-9-11-2-3-12-13(8-11)20-7-6-19-12/h2-3,8,10,14,16H,4-7,9H2,1H3,(H,17,18). The summed E-state index contributed by atoms with van der Waals surface area (Å²) in [6, 6.07) is 5.72. The number of hydrogen-bond donors (Lipinski definition) is 2. The van der Waals surface area contributed by atoms with Crippen LogP contribution in [-0.4, -0.2) is 31.7 Å². The zero-order chi connectivity index (χ0) is 13.9. The smallest absolute Gasteiger partial charge is 0.237 e. The highest BCUT2D eigenvalue weighted by Gasteiger charge is 2.28. The minimum absolute atomic E-state index is 0.0628. The van der Waals surface area contributed by atoms with Crippen LogP contribution in [-0.2, 0) is 11.3 Å². The van der Waals surface area contributed by atoms with E-state index in [1.165, 1.54) is 0 Å².